The van der Waals surface area contributed by atoms with Gasteiger partial charge in [-0.1, -0.05) is 43.3 Å². The topological polar surface area (TPSA) is 35.0 Å². The van der Waals surface area contributed by atoms with Crippen LogP contribution in [0.3, 0.4) is 0 Å². The molecule has 0 N–H and O–H groups in total. The molecule has 0 fully saturated rings. The molecular weight excluding hydrogens is 292 g/mol. The molecule has 4 heteroatoms. The van der Waals surface area contributed by atoms with Gasteiger partial charge in [-0.15, -0.1) is 16.9 Å². The molecule has 0 spiro atoms. The van der Waals surface area contributed by atoms with E-state index >= 15 is 0 Å². The third-order valence-corrected chi connectivity index (χ3v) is 4.38. The zero-order chi connectivity index (χ0) is 15.2. The zero-order valence-electron chi connectivity index (χ0n) is 12.5. The quantitative estimate of drug-likeness (QED) is 0.500. The van der Waals surface area contributed by atoms with E-state index in [1.54, 1.807) is 18.0 Å². The molecule has 112 valence electrons. The third-order valence-electron chi connectivity index (χ3n) is 3.43. The van der Waals surface area contributed by atoms with Crippen molar-refractivity contribution in [3.05, 3.63) is 60.3 Å². The molecule has 3 nitrogen and oxygen atoms in total. The fourth-order valence-electron chi connectivity index (χ4n) is 2.26. The van der Waals surface area contributed by atoms with Gasteiger partial charge in [0, 0.05) is 16.5 Å². The Hall–Kier alpha value is -2.07. The summed E-state index contributed by atoms with van der Waals surface area (Å²) >= 11 is 1.68. The van der Waals surface area contributed by atoms with Crippen molar-refractivity contribution in [3.63, 3.8) is 0 Å². The molecular formula is C18H18N2OS. The number of thioether (sulfide) groups is 1. The van der Waals surface area contributed by atoms with Crippen molar-refractivity contribution in [3.8, 4) is 5.75 Å². The van der Waals surface area contributed by atoms with Crippen LogP contribution in [-0.2, 0) is 6.42 Å². The highest BCUT2D eigenvalue weighted by atomic mass is 32.2. The van der Waals surface area contributed by atoms with E-state index in [2.05, 4.69) is 41.4 Å². The second-order valence-electron chi connectivity index (χ2n) is 4.93. The lowest BCUT2D eigenvalue weighted by molar-refractivity contribution is 0.343. The number of aryl methyl sites for hydroxylation is 1. The molecule has 0 radical (unpaired) electrons. The number of hydrogen-bond acceptors (Lipinski definition) is 4. The highest BCUT2D eigenvalue weighted by Crippen LogP contribution is 2.24. The fraction of sp³-hybridized carbons (Fsp3) is 0.222. The van der Waals surface area contributed by atoms with Crippen molar-refractivity contribution in [2.24, 2.45) is 0 Å². The molecule has 3 aromatic rings. The number of benzene rings is 2. The summed E-state index contributed by atoms with van der Waals surface area (Å²) in [6.07, 6.45) is 2.82. The lowest BCUT2D eigenvalue weighted by atomic mass is 10.2. The van der Waals surface area contributed by atoms with Crippen LogP contribution < -0.4 is 4.74 Å². The summed E-state index contributed by atoms with van der Waals surface area (Å²) in [5, 5.41) is 11.5. The Labute approximate surface area is 134 Å². The molecule has 2 aromatic carbocycles. The molecule has 22 heavy (non-hydrogen) atoms. The van der Waals surface area contributed by atoms with Crippen molar-refractivity contribution >= 4 is 22.5 Å². The Balaban J connectivity index is 1.58. The standard InChI is InChI=1S/C18H18N2OS/c1-2-14-6-5-8-16(12-14)21-10-11-22-18-17-9-4-3-7-15(17)13-19-20-18/h3-9,12-13H,2,10-11H2,1H3. The van der Waals surface area contributed by atoms with Gasteiger partial charge in [-0.3, -0.25) is 0 Å². The summed E-state index contributed by atoms with van der Waals surface area (Å²) in [6.45, 7) is 2.80. The molecule has 0 unspecified atom stereocenters. The largest absolute Gasteiger partial charge is 0.493 e. The normalized spacial score (nSPS) is 10.8. The minimum absolute atomic E-state index is 0.655. The van der Waals surface area contributed by atoms with Crippen molar-refractivity contribution in [2.75, 3.05) is 12.4 Å². The second-order valence-corrected chi connectivity index (χ2v) is 6.02. The van der Waals surface area contributed by atoms with E-state index in [-0.39, 0.29) is 0 Å². The minimum atomic E-state index is 0.655. The van der Waals surface area contributed by atoms with Gasteiger partial charge >= 0.3 is 0 Å². The Morgan fingerprint density at radius 3 is 2.91 bits per heavy atom. The summed E-state index contributed by atoms with van der Waals surface area (Å²) in [6, 6.07) is 16.4. The first-order valence-electron chi connectivity index (χ1n) is 7.42. The maximum atomic E-state index is 5.81. The lowest BCUT2D eigenvalue weighted by Crippen LogP contribution is -2.01. The van der Waals surface area contributed by atoms with Gasteiger partial charge in [-0.25, -0.2) is 0 Å². The van der Waals surface area contributed by atoms with Crippen LogP contribution in [0.5, 0.6) is 5.75 Å². The molecule has 1 aromatic heterocycles. The summed E-state index contributed by atoms with van der Waals surface area (Å²) < 4.78 is 5.81. The number of fused-ring (bicyclic) bond motifs is 1. The van der Waals surface area contributed by atoms with E-state index in [4.69, 9.17) is 4.74 Å². The van der Waals surface area contributed by atoms with E-state index < -0.39 is 0 Å². The Kier molecular flexibility index (Phi) is 4.91. The molecule has 0 saturated heterocycles. The molecule has 0 amide bonds. The molecule has 3 rings (SSSR count). The van der Waals surface area contributed by atoms with Crippen molar-refractivity contribution in [1.82, 2.24) is 10.2 Å². The van der Waals surface area contributed by atoms with E-state index in [0.29, 0.717) is 6.61 Å². The molecule has 1 heterocycles. The van der Waals surface area contributed by atoms with Crippen molar-refractivity contribution in [2.45, 2.75) is 18.4 Å². The molecule has 0 bridgehead atoms. The smallest absolute Gasteiger partial charge is 0.127 e. The van der Waals surface area contributed by atoms with Gasteiger partial charge in [0.1, 0.15) is 10.8 Å². The van der Waals surface area contributed by atoms with Gasteiger partial charge in [0.05, 0.1) is 12.8 Å². The highest BCUT2D eigenvalue weighted by molar-refractivity contribution is 7.99. The number of nitrogens with zero attached hydrogens (tertiary/aromatic N) is 2. The minimum Gasteiger partial charge on any atom is -0.493 e. The van der Waals surface area contributed by atoms with E-state index in [9.17, 15) is 0 Å². The Bertz CT molecular complexity index is 755. The number of rotatable bonds is 6. The van der Waals surface area contributed by atoms with Crippen LogP contribution >= 0.6 is 11.8 Å². The van der Waals surface area contributed by atoms with Crippen LogP contribution in [0, 0.1) is 0 Å². The summed E-state index contributed by atoms with van der Waals surface area (Å²) in [4.78, 5) is 0. The summed E-state index contributed by atoms with van der Waals surface area (Å²) in [5.41, 5.74) is 1.30. The predicted octanol–water partition coefficient (Wildman–Crippen LogP) is 4.36. The van der Waals surface area contributed by atoms with Crippen molar-refractivity contribution < 1.29 is 4.74 Å². The van der Waals surface area contributed by atoms with E-state index in [1.165, 1.54) is 5.56 Å². The van der Waals surface area contributed by atoms with Crippen LogP contribution in [0.25, 0.3) is 10.8 Å². The molecule has 0 atom stereocenters. The van der Waals surface area contributed by atoms with Crippen LogP contribution in [0.1, 0.15) is 12.5 Å². The van der Waals surface area contributed by atoms with Gasteiger partial charge in [0.2, 0.25) is 0 Å². The lowest BCUT2D eigenvalue weighted by Gasteiger charge is -2.08. The SMILES string of the molecule is CCc1cccc(OCCSc2nncc3ccccc23)c1. The zero-order valence-corrected chi connectivity index (χ0v) is 13.3. The third kappa shape index (κ3) is 3.57. The van der Waals surface area contributed by atoms with Crippen LogP contribution in [0.2, 0.25) is 0 Å². The Morgan fingerprint density at radius 1 is 1.09 bits per heavy atom. The predicted molar refractivity (Wildman–Crippen MR) is 91.6 cm³/mol. The van der Waals surface area contributed by atoms with Gasteiger partial charge in [-0.2, -0.15) is 5.10 Å². The molecule has 0 aliphatic rings. The molecule has 0 aliphatic carbocycles. The number of hydrogen-bond donors (Lipinski definition) is 0. The second kappa shape index (κ2) is 7.27. The van der Waals surface area contributed by atoms with Crippen LogP contribution in [0.4, 0.5) is 0 Å². The first-order chi connectivity index (χ1) is 10.9. The van der Waals surface area contributed by atoms with Gasteiger partial charge in [0.25, 0.3) is 0 Å². The summed E-state index contributed by atoms with van der Waals surface area (Å²) in [7, 11) is 0. The summed E-state index contributed by atoms with van der Waals surface area (Å²) in [5.74, 6) is 1.78. The average molecular weight is 310 g/mol. The van der Waals surface area contributed by atoms with E-state index in [0.717, 1.165) is 33.7 Å². The maximum absolute atomic E-state index is 5.81. The van der Waals surface area contributed by atoms with Crippen molar-refractivity contribution in [1.29, 1.82) is 0 Å². The molecule has 0 aliphatic heterocycles. The molecule has 0 saturated carbocycles. The monoisotopic (exact) mass is 310 g/mol. The Morgan fingerprint density at radius 2 is 2.00 bits per heavy atom. The number of ether oxygens (including phenoxy) is 1. The van der Waals surface area contributed by atoms with Crippen LogP contribution in [-0.4, -0.2) is 22.6 Å². The fourth-order valence-corrected chi connectivity index (χ4v) is 3.07. The average Bonchev–Trinajstić information content (AvgIpc) is 2.59. The van der Waals surface area contributed by atoms with Gasteiger partial charge in [0.15, 0.2) is 0 Å². The number of aromatic nitrogens is 2. The highest BCUT2D eigenvalue weighted by Gasteiger charge is 2.04. The van der Waals surface area contributed by atoms with Gasteiger partial charge in [-0.05, 0) is 24.1 Å². The first kappa shape index (κ1) is 14.9. The first-order valence-corrected chi connectivity index (χ1v) is 8.40. The van der Waals surface area contributed by atoms with Gasteiger partial charge < -0.3 is 4.74 Å². The maximum Gasteiger partial charge on any atom is 0.127 e. The van der Waals surface area contributed by atoms with Crippen LogP contribution in [0.15, 0.2) is 59.8 Å². The van der Waals surface area contributed by atoms with E-state index in [1.807, 2.05) is 24.3 Å².